The molecule has 6 heteroatoms. The van der Waals surface area contributed by atoms with E-state index in [-0.39, 0.29) is 24.2 Å². The molecule has 1 aliphatic heterocycles. The summed E-state index contributed by atoms with van der Waals surface area (Å²) in [6, 6.07) is 3.83. The lowest BCUT2D eigenvalue weighted by molar-refractivity contribution is -0.154. The van der Waals surface area contributed by atoms with Crippen molar-refractivity contribution in [2.45, 2.75) is 45.3 Å². The quantitative estimate of drug-likeness (QED) is 0.904. The third-order valence-corrected chi connectivity index (χ3v) is 4.39. The Morgan fingerprint density at radius 3 is 2.62 bits per heavy atom. The lowest BCUT2D eigenvalue weighted by atomic mass is 9.95. The maximum Gasteiger partial charge on any atom is 0.248 e. The van der Waals surface area contributed by atoms with Crippen LogP contribution in [0.25, 0.3) is 0 Å². The topological polar surface area (TPSA) is 49.4 Å². The van der Waals surface area contributed by atoms with Crippen LogP contribution in [-0.4, -0.2) is 28.3 Å². The van der Waals surface area contributed by atoms with Gasteiger partial charge in [0.15, 0.2) is 0 Å². The van der Waals surface area contributed by atoms with E-state index in [1.807, 2.05) is 6.92 Å². The molecule has 1 aliphatic rings. The Kier molecular flexibility index (Phi) is 4.37. The molecular formula is C15H18BrFN2O2. The smallest absolute Gasteiger partial charge is 0.248 e. The summed E-state index contributed by atoms with van der Waals surface area (Å²) in [5.74, 6) is -0.633. The van der Waals surface area contributed by atoms with Crippen molar-refractivity contribution in [3.63, 3.8) is 0 Å². The predicted octanol–water partition coefficient (Wildman–Crippen LogP) is 2.60. The zero-order valence-electron chi connectivity index (χ0n) is 12.2. The fourth-order valence-corrected chi connectivity index (χ4v) is 2.98. The number of hydrogen-bond donors (Lipinski definition) is 1. The molecule has 1 aromatic rings. The number of hydrogen-bond acceptors (Lipinski definition) is 2. The van der Waals surface area contributed by atoms with Crippen LogP contribution in [0.3, 0.4) is 0 Å². The molecule has 0 saturated carbocycles. The second-order valence-corrected chi connectivity index (χ2v) is 6.56. The molecule has 1 N–H and O–H groups in total. The number of carbonyl (C=O) groups is 2. The van der Waals surface area contributed by atoms with Crippen molar-refractivity contribution in [3.8, 4) is 0 Å². The van der Waals surface area contributed by atoms with Crippen molar-refractivity contribution < 1.29 is 14.0 Å². The normalized spacial score (nSPS) is 21.4. The van der Waals surface area contributed by atoms with Gasteiger partial charge in [0.25, 0.3) is 0 Å². The highest BCUT2D eigenvalue weighted by Gasteiger charge is 2.44. The summed E-state index contributed by atoms with van der Waals surface area (Å²) in [4.78, 5) is 26.3. The zero-order valence-corrected chi connectivity index (χ0v) is 13.8. The summed E-state index contributed by atoms with van der Waals surface area (Å²) in [7, 11) is 0. The highest BCUT2D eigenvalue weighted by atomic mass is 79.9. The summed E-state index contributed by atoms with van der Waals surface area (Å²) in [5, 5.41) is 2.74. The van der Waals surface area contributed by atoms with Crippen LogP contribution in [0.4, 0.5) is 4.39 Å². The van der Waals surface area contributed by atoms with E-state index in [1.54, 1.807) is 24.8 Å². The Hall–Kier alpha value is -1.43. The Morgan fingerprint density at radius 1 is 1.38 bits per heavy atom. The Morgan fingerprint density at radius 2 is 2.05 bits per heavy atom. The fourth-order valence-electron chi connectivity index (χ4n) is 2.51. The lowest BCUT2D eigenvalue weighted by Gasteiger charge is -2.42. The van der Waals surface area contributed by atoms with Crippen LogP contribution in [0.5, 0.6) is 0 Å². The summed E-state index contributed by atoms with van der Waals surface area (Å²) in [5.41, 5.74) is -0.149. The molecule has 1 unspecified atom stereocenters. The molecule has 0 radical (unpaired) electrons. The predicted molar refractivity (Wildman–Crippen MR) is 81.0 cm³/mol. The van der Waals surface area contributed by atoms with E-state index in [2.05, 4.69) is 21.2 Å². The second kappa shape index (κ2) is 5.75. The number of carbonyl (C=O) groups excluding carboxylic acids is 2. The van der Waals surface area contributed by atoms with Gasteiger partial charge in [-0.2, -0.15) is 0 Å². The minimum atomic E-state index is -0.921. The van der Waals surface area contributed by atoms with Crippen molar-refractivity contribution in [1.29, 1.82) is 0 Å². The number of nitrogens with one attached hydrogen (secondary N) is 1. The third kappa shape index (κ3) is 3.10. The first-order valence-electron chi connectivity index (χ1n) is 6.83. The molecule has 0 spiro atoms. The standard InChI is InChI=1S/C15H18BrFN2O2/c1-4-12-13(20)18-15(2,3)14(21)19(12)8-9-5-6-10(17)7-11(9)16/h5-7,12H,4,8H2,1-3H3,(H,18,20). The summed E-state index contributed by atoms with van der Waals surface area (Å²) >= 11 is 3.30. The van der Waals surface area contributed by atoms with Crippen molar-refractivity contribution in [2.24, 2.45) is 0 Å². The van der Waals surface area contributed by atoms with Crippen LogP contribution >= 0.6 is 15.9 Å². The monoisotopic (exact) mass is 356 g/mol. The maximum atomic E-state index is 13.2. The fraction of sp³-hybridized carbons (Fsp3) is 0.467. The van der Waals surface area contributed by atoms with Gasteiger partial charge in [0.2, 0.25) is 11.8 Å². The van der Waals surface area contributed by atoms with Gasteiger partial charge in [0, 0.05) is 11.0 Å². The summed E-state index contributed by atoms with van der Waals surface area (Å²) < 4.78 is 13.7. The molecule has 0 bridgehead atoms. The van der Waals surface area contributed by atoms with Crippen LogP contribution in [-0.2, 0) is 16.1 Å². The van der Waals surface area contributed by atoms with E-state index in [0.717, 1.165) is 5.56 Å². The first-order chi connectivity index (χ1) is 9.76. The molecule has 0 aliphatic carbocycles. The van der Waals surface area contributed by atoms with E-state index < -0.39 is 11.6 Å². The lowest BCUT2D eigenvalue weighted by Crippen LogP contribution is -2.67. The third-order valence-electron chi connectivity index (χ3n) is 3.65. The van der Waals surface area contributed by atoms with Crippen LogP contribution in [0.15, 0.2) is 22.7 Å². The Balaban J connectivity index is 2.33. The number of nitrogens with zero attached hydrogens (tertiary/aromatic N) is 1. The van der Waals surface area contributed by atoms with Gasteiger partial charge in [0.05, 0.1) is 0 Å². The van der Waals surface area contributed by atoms with Gasteiger partial charge in [-0.05, 0) is 38.0 Å². The largest absolute Gasteiger partial charge is 0.340 e. The molecule has 1 atom stereocenters. The van der Waals surface area contributed by atoms with Gasteiger partial charge >= 0.3 is 0 Å². The molecule has 21 heavy (non-hydrogen) atoms. The van der Waals surface area contributed by atoms with E-state index in [1.165, 1.54) is 12.1 Å². The van der Waals surface area contributed by atoms with Gasteiger partial charge < -0.3 is 10.2 Å². The van der Waals surface area contributed by atoms with Crippen LogP contribution in [0.2, 0.25) is 0 Å². The SMILES string of the molecule is CCC1C(=O)NC(C)(C)C(=O)N1Cc1ccc(F)cc1Br. The zero-order chi connectivity index (χ0) is 15.8. The molecule has 114 valence electrons. The van der Waals surface area contributed by atoms with Crippen molar-refractivity contribution >= 4 is 27.7 Å². The first kappa shape index (κ1) is 15.9. The highest BCUT2D eigenvalue weighted by molar-refractivity contribution is 9.10. The van der Waals surface area contributed by atoms with Crippen LogP contribution in [0, 0.1) is 5.82 Å². The van der Waals surface area contributed by atoms with Gasteiger partial charge in [-0.15, -0.1) is 0 Å². The second-order valence-electron chi connectivity index (χ2n) is 5.71. The molecule has 1 heterocycles. The number of rotatable bonds is 3. The Labute approximate surface area is 131 Å². The maximum absolute atomic E-state index is 13.2. The number of halogens is 2. The van der Waals surface area contributed by atoms with Gasteiger partial charge in [-0.25, -0.2) is 4.39 Å². The van der Waals surface area contributed by atoms with Gasteiger partial charge in [0.1, 0.15) is 17.4 Å². The number of benzene rings is 1. The van der Waals surface area contributed by atoms with Crippen LogP contribution < -0.4 is 5.32 Å². The van der Waals surface area contributed by atoms with Crippen LogP contribution in [0.1, 0.15) is 32.8 Å². The van der Waals surface area contributed by atoms with Gasteiger partial charge in [-0.1, -0.05) is 28.9 Å². The van der Waals surface area contributed by atoms with Crippen molar-refractivity contribution in [2.75, 3.05) is 0 Å². The summed E-state index contributed by atoms with van der Waals surface area (Å²) in [6.45, 7) is 5.51. The average Bonchev–Trinajstić information content (AvgIpc) is 2.38. The van der Waals surface area contributed by atoms with Crippen molar-refractivity contribution in [1.82, 2.24) is 10.2 Å². The number of amides is 2. The minimum Gasteiger partial charge on any atom is -0.340 e. The highest BCUT2D eigenvalue weighted by Crippen LogP contribution is 2.25. The number of piperazine rings is 1. The van der Waals surface area contributed by atoms with Crippen molar-refractivity contribution in [3.05, 3.63) is 34.1 Å². The average molecular weight is 357 g/mol. The molecule has 1 fully saturated rings. The van der Waals surface area contributed by atoms with E-state index in [0.29, 0.717) is 10.9 Å². The Bertz CT molecular complexity index is 589. The molecular weight excluding hydrogens is 339 g/mol. The first-order valence-corrected chi connectivity index (χ1v) is 7.62. The molecule has 1 aromatic carbocycles. The van der Waals surface area contributed by atoms with E-state index in [4.69, 9.17) is 0 Å². The van der Waals surface area contributed by atoms with E-state index >= 15 is 0 Å². The summed E-state index contributed by atoms with van der Waals surface area (Å²) in [6.07, 6.45) is 0.534. The van der Waals surface area contributed by atoms with E-state index in [9.17, 15) is 14.0 Å². The molecule has 2 rings (SSSR count). The molecule has 0 aromatic heterocycles. The molecule has 4 nitrogen and oxygen atoms in total. The van der Waals surface area contributed by atoms with Gasteiger partial charge in [-0.3, -0.25) is 9.59 Å². The molecule has 1 saturated heterocycles. The minimum absolute atomic E-state index is 0.134. The molecule has 2 amide bonds.